The normalized spacial score (nSPS) is 14.3. The first kappa shape index (κ1) is 9.99. The number of hydrogen-bond donors (Lipinski definition) is 0. The van der Waals surface area contributed by atoms with Crippen LogP contribution in [0.2, 0.25) is 0 Å². The minimum Gasteiger partial charge on any atom is -0.125 e. The molecule has 0 bridgehead atoms. The molecule has 0 aromatic carbocycles. The molecule has 0 aromatic rings. The van der Waals surface area contributed by atoms with Gasteiger partial charge >= 0.3 is 0 Å². The van der Waals surface area contributed by atoms with Gasteiger partial charge in [0.15, 0.2) is 0 Å². The van der Waals surface area contributed by atoms with E-state index in [0.717, 1.165) is 5.88 Å². The van der Waals surface area contributed by atoms with Crippen molar-refractivity contribution in [2.24, 2.45) is 5.92 Å². The fraction of sp³-hybridized carbons (Fsp3) is 1.00. The second kappa shape index (κ2) is 5.75. The summed E-state index contributed by atoms with van der Waals surface area (Å²) in [6, 6.07) is 0. The average molecular weight is 185 g/mol. The van der Waals surface area contributed by atoms with Gasteiger partial charge in [0.25, 0.3) is 0 Å². The van der Waals surface area contributed by atoms with E-state index in [2.05, 4.69) is 20.1 Å². The van der Waals surface area contributed by atoms with Crippen molar-refractivity contribution in [3.8, 4) is 0 Å². The molecule has 9 heavy (non-hydrogen) atoms. The van der Waals surface area contributed by atoms with E-state index in [9.17, 15) is 0 Å². The van der Waals surface area contributed by atoms with Crippen LogP contribution in [-0.4, -0.2) is 17.4 Å². The molecule has 0 fully saturated rings. The second-order valence-corrected chi connectivity index (χ2v) is 5.22. The molecule has 3 heteroatoms. The summed E-state index contributed by atoms with van der Waals surface area (Å²) < 4.78 is 0. The molecule has 56 valence electrons. The van der Waals surface area contributed by atoms with Gasteiger partial charge in [-0.15, -0.1) is 11.6 Å². The monoisotopic (exact) mass is 184 g/mol. The lowest BCUT2D eigenvalue weighted by Gasteiger charge is -2.14. The molecule has 0 saturated carbocycles. The molecule has 0 aromatic heterocycles. The Labute approximate surface area is 70.5 Å². The van der Waals surface area contributed by atoms with E-state index in [4.69, 9.17) is 11.6 Å². The van der Waals surface area contributed by atoms with Gasteiger partial charge in [-0.1, -0.05) is 35.4 Å². The molecule has 0 aliphatic carbocycles. The van der Waals surface area contributed by atoms with Crippen molar-refractivity contribution >= 4 is 33.2 Å². The minimum absolute atomic E-state index is 0.613. The van der Waals surface area contributed by atoms with Gasteiger partial charge in [0.05, 0.1) is 0 Å². The van der Waals surface area contributed by atoms with E-state index < -0.39 is 0 Å². The van der Waals surface area contributed by atoms with Gasteiger partial charge in [-0.3, -0.25) is 0 Å². The Morgan fingerprint density at radius 1 is 1.44 bits per heavy atom. The third kappa shape index (κ3) is 4.40. The van der Waals surface area contributed by atoms with Crippen LogP contribution in [-0.2, 0) is 0 Å². The van der Waals surface area contributed by atoms with Crippen molar-refractivity contribution in [3.63, 3.8) is 0 Å². The highest BCUT2D eigenvalue weighted by Gasteiger charge is 2.10. The summed E-state index contributed by atoms with van der Waals surface area (Å²) in [4.78, 5) is 0. The molecule has 0 nitrogen and oxygen atoms in total. The van der Waals surface area contributed by atoms with Gasteiger partial charge in [0.2, 0.25) is 0 Å². The van der Waals surface area contributed by atoms with Crippen LogP contribution >= 0.6 is 33.2 Å². The molecule has 0 heterocycles. The van der Waals surface area contributed by atoms with Crippen LogP contribution in [0, 0.1) is 5.92 Å². The Morgan fingerprint density at radius 2 is 2.00 bits per heavy atom. The molecule has 0 radical (unpaired) electrons. The van der Waals surface area contributed by atoms with Gasteiger partial charge in [-0.2, -0.15) is 0 Å². The van der Waals surface area contributed by atoms with E-state index in [-0.39, 0.29) is 0 Å². The lowest BCUT2D eigenvalue weighted by atomic mass is 10.1. The predicted octanol–water partition coefficient (Wildman–Crippen LogP) is 3.26. The highest BCUT2D eigenvalue weighted by atomic mass is 35.5. The summed E-state index contributed by atoms with van der Waals surface area (Å²) in [5, 5.41) is 0.613. The summed E-state index contributed by atoms with van der Waals surface area (Å²) in [5.41, 5.74) is 0. The van der Waals surface area contributed by atoms with Gasteiger partial charge in [-0.25, -0.2) is 0 Å². The third-order valence-corrected chi connectivity index (χ3v) is 4.10. The Balaban J connectivity index is 3.41. The first-order chi connectivity index (χ1) is 4.22. The largest absolute Gasteiger partial charge is 0.125 e. The van der Waals surface area contributed by atoms with Crippen LogP contribution in [0.5, 0.6) is 0 Å². The van der Waals surface area contributed by atoms with Crippen molar-refractivity contribution < 1.29 is 0 Å². The van der Waals surface area contributed by atoms with E-state index in [1.807, 2.05) is 10.8 Å². The fourth-order valence-corrected chi connectivity index (χ4v) is 3.34. The highest BCUT2D eigenvalue weighted by Crippen LogP contribution is 2.29. The van der Waals surface area contributed by atoms with E-state index >= 15 is 0 Å². The van der Waals surface area contributed by atoms with Crippen LogP contribution in [0.15, 0.2) is 0 Å². The van der Waals surface area contributed by atoms with Crippen molar-refractivity contribution in [2.75, 3.05) is 12.1 Å². The first-order valence-corrected chi connectivity index (χ1v) is 6.13. The zero-order valence-electron chi connectivity index (χ0n) is 6.06. The zero-order valence-corrected chi connectivity index (χ0v) is 8.45. The molecule has 1 atom stereocenters. The molecule has 0 saturated heterocycles. The Kier molecular flexibility index (Phi) is 6.38. The quantitative estimate of drug-likeness (QED) is 0.486. The van der Waals surface area contributed by atoms with Crippen LogP contribution in [0.25, 0.3) is 0 Å². The van der Waals surface area contributed by atoms with E-state index in [1.165, 1.54) is 0 Å². The summed E-state index contributed by atoms with van der Waals surface area (Å²) in [6.45, 7) is 4.41. The summed E-state index contributed by atoms with van der Waals surface area (Å²) in [6.07, 6.45) is 2.09. The van der Waals surface area contributed by atoms with Gasteiger partial charge in [-0.05, 0) is 12.2 Å². The number of hydrogen-bond acceptors (Lipinski definition) is 2. The first-order valence-electron chi connectivity index (χ1n) is 2.97. The Morgan fingerprint density at radius 3 is 2.11 bits per heavy atom. The zero-order chi connectivity index (χ0) is 7.28. The molecule has 0 aliphatic heterocycles. The second-order valence-electron chi connectivity index (χ2n) is 2.20. The van der Waals surface area contributed by atoms with E-state index in [0.29, 0.717) is 11.2 Å². The molecular weight excluding hydrogens is 172 g/mol. The van der Waals surface area contributed by atoms with Crippen LogP contribution in [0.4, 0.5) is 0 Å². The van der Waals surface area contributed by atoms with Gasteiger partial charge in [0, 0.05) is 11.1 Å². The minimum atomic E-state index is 0.613. The maximum Gasteiger partial charge on any atom is 0.0353 e. The smallest absolute Gasteiger partial charge is 0.0353 e. The molecular formula is C6H13ClS2. The number of alkyl halides is 1. The van der Waals surface area contributed by atoms with Crippen LogP contribution < -0.4 is 0 Å². The van der Waals surface area contributed by atoms with Crippen LogP contribution in [0.1, 0.15) is 13.8 Å². The molecule has 0 aliphatic rings. The SMILES string of the molecule is CSSC(CCl)C(C)C. The molecule has 0 rings (SSSR count). The van der Waals surface area contributed by atoms with Gasteiger partial charge in [0.1, 0.15) is 0 Å². The Bertz CT molecular complexity index is 66.1. The summed E-state index contributed by atoms with van der Waals surface area (Å²) in [7, 11) is 3.66. The lowest BCUT2D eigenvalue weighted by molar-refractivity contribution is 0.649. The summed E-state index contributed by atoms with van der Waals surface area (Å²) >= 11 is 5.71. The number of halogens is 1. The van der Waals surface area contributed by atoms with Crippen LogP contribution in [0.3, 0.4) is 0 Å². The maximum absolute atomic E-state index is 5.71. The predicted molar refractivity (Wildman–Crippen MR) is 50.5 cm³/mol. The number of rotatable bonds is 4. The summed E-state index contributed by atoms with van der Waals surface area (Å²) in [5.74, 6) is 1.46. The molecule has 0 spiro atoms. The van der Waals surface area contributed by atoms with Crippen molar-refractivity contribution in [1.82, 2.24) is 0 Å². The standard InChI is InChI=1S/C6H13ClS2/c1-5(2)6(4-7)9-8-3/h5-6H,4H2,1-3H3. The van der Waals surface area contributed by atoms with Gasteiger partial charge < -0.3 is 0 Å². The van der Waals surface area contributed by atoms with Crippen molar-refractivity contribution in [3.05, 3.63) is 0 Å². The highest BCUT2D eigenvalue weighted by molar-refractivity contribution is 8.76. The molecule has 0 N–H and O–H groups in total. The maximum atomic E-state index is 5.71. The van der Waals surface area contributed by atoms with Crippen molar-refractivity contribution in [1.29, 1.82) is 0 Å². The topological polar surface area (TPSA) is 0 Å². The fourth-order valence-electron chi connectivity index (χ4n) is 0.439. The van der Waals surface area contributed by atoms with Crippen molar-refractivity contribution in [2.45, 2.75) is 19.1 Å². The third-order valence-electron chi connectivity index (χ3n) is 1.12. The molecule has 1 unspecified atom stereocenters. The average Bonchev–Trinajstić information content (AvgIpc) is 1.82. The van der Waals surface area contributed by atoms with E-state index in [1.54, 1.807) is 10.8 Å². The lowest BCUT2D eigenvalue weighted by Crippen LogP contribution is -2.11. The molecule has 0 amide bonds. The Hall–Kier alpha value is 0.990.